The summed E-state index contributed by atoms with van der Waals surface area (Å²) < 4.78 is 0. The van der Waals surface area contributed by atoms with Gasteiger partial charge in [0.15, 0.2) is 0 Å². The minimum atomic E-state index is 1.19. The highest BCUT2D eigenvalue weighted by molar-refractivity contribution is 4.67. The van der Waals surface area contributed by atoms with Crippen molar-refractivity contribution >= 4 is 0 Å². The fourth-order valence-electron chi connectivity index (χ4n) is 4.29. The van der Waals surface area contributed by atoms with Crippen LogP contribution in [0.25, 0.3) is 0 Å². The second-order valence-corrected chi connectivity index (χ2v) is 12.8. The van der Waals surface area contributed by atoms with Crippen LogP contribution in [-0.4, -0.2) is 0 Å². The number of rotatable bonds is 30. The van der Waals surface area contributed by atoms with Crippen LogP contribution in [0.5, 0.6) is 0 Å². The summed E-state index contributed by atoms with van der Waals surface area (Å²) in [6.45, 7) is 35.3. The van der Waals surface area contributed by atoms with E-state index in [1.54, 1.807) is 0 Å². The first kappa shape index (κ1) is 58.6. The Hall–Kier alpha value is -1.56. The smallest absolute Gasteiger partial charge is 0.0353 e. The third kappa shape index (κ3) is 104. The summed E-state index contributed by atoms with van der Waals surface area (Å²) in [5, 5.41) is 0. The van der Waals surface area contributed by atoms with Gasteiger partial charge in [0.25, 0.3) is 0 Å². The summed E-state index contributed by atoms with van der Waals surface area (Å²) >= 11 is 0. The Morgan fingerprint density at radius 3 is 0.417 bits per heavy atom. The molecule has 0 aromatic carbocycles. The Kier molecular flexibility index (Phi) is 92.4. The summed E-state index contributed by atoms with van der Waals surface area (Å²) in [6.07, 6.45) is 51.7. The second kappa shape index (κ2) is 75.7. The number of hydrogen-bond donors (Lipinski definition) is 0. The largest absolute Gasteiger partial charge is 0.103 e. The van der Waals surface area contributed by atoms with Crippen molar-refractivity contribution < 1.29 is 0 Å². The van der Waals surface area contributed by atoms with Gasteiger partial charge in [0.1, 0.15) is 0 Å². The molecule has 48 heavy (non-hydrogen) atoms. The maximum absolute atomic E-state index is 3.66. The van der Waals surface area contributed by atoms with Crippen molar-refractivity contribution in [2.24, 2.45) is 0 Å². The van der Waals surface area contributed by atoms with E-state index >= 15 is 0 Å². The van der Waals surface area contributed by atoms with Gasteiger partial charge < -0.3 is 0 Å². The third-order valence-corrected chi connectivity index (χ3v) is 7.57. The highest BCUT2D eigenvalue weighted by Crippen LogP contribution is 2.04. The van der Waals surface area contributed by atoms with Crippen LogP contribution in [0, 0.1) is 0 Å². The number of allylic oxidation sites excluding steroid dienone is 6. The van der Waals surface area contributed by atoms with Gasteiger partial charge >= 0.3 is 0 Å². The van der Waals surface area contributed by atoms with E-state index in [0.29, 0.717) is 0 Å². The number of unbranched alkanes of at least 4 members (excludes halogenated alkanes) is 24. The molecule has 0 spiro atoms. The molecule has 0 fully saturated rings. The van der Waals surface area contributed by atoms with Crippen LogP contribution in [-0.2, 0) is 0 Å². The van der Waals surface area contributed by atoms with Crippen LogP contribution >= 0.6 is 0 Å². The first-order valence-corrected chi connectivity index (χ1v) is 21.1. The van der Waals surface area contributed by atoms with E-state index in [1.165, 1.54) is 193 Å². The van der Waals surface area contributed by atoms with Gasteiger partial charge in [0, 0.05) is 0 Å². The van der Waals surface area contributed by atoms with E-state index in [4.69, 9.17) is 0 Å². The van der Waals surface area contributed by atoms with Crippen LogP contribution in [0.2, 0.25) is 0 Å². The van der Waals surface area contributed by atoms with Gasteiger partial charge in [-0.3, -0.25) is 0 Å². The van der Waals surface area contributed by atoms with Crippen LogP contribution < -0.4 is 0 Å². The zero-order valence-electron chi connectivity index (χ0n) is 34.9. The van der Waals surface area contributed by atoms with Crippen molar-refractivity contribution in [1.29, 1.82) is 0 Å². The van der Waals surface area contributed by atoms with Gasteiger partial charge in [-0.15, -0.1) is 39.5 Å². The molecular formula is C48H96. The zero-order chi connectivity index (χ0) is 37.5. The maximum atomic E-state index is 3.66. The van der Waals surface area contributed by atoms with Gasteiger partial charge in [-0.05, 0) is 77.0 Å². The van der Waals surface area contributed by atoms with Gasteiger partial charge in [-0.1, -0.05) is 194 Å². The fourth-order valence-corrected chi connectivity index (χ4v) is 4.29. The van der Waals surface area contributed by atoms with Crippen molar-refractivity contribution in [3.63, 3.8) is 0 Å². The van der Waals surface area contributed by atoms with Gasteiger partial charge in [-0.2, -0.15) is 0 Å². The minimum Gasteiger partial charge on any atom is -0.103 e. The van der Waals surface area contributed by atoms with E-state index in [2.05, 4.69) is 81.0 Å². The molecule has 0 aliphatic carbocycles. The predicted molar refractivity (Wildman–Crippen MR) is 234 cm³/mol. The predicted octanol–water partition coefficient (Wildman–Crippen LogP) is 18.9. The minimum absolute atomic E-state index is 1.19. The molecule has 0 aliphatic rings. The Bertz CT molecular complexity index is 400. The van der Waals surface area contributed by atoms with Crippen LogP contribution in [0.4, 0.5) is 0 Å². The Morgan fingerprint density at radius 1 is 0.208 bits per heavy atom. The average Bonchev–Trinajstić information content (AvgIpc) is 3.11. The SMILES string of the molecule is C=CCCCCCC.C=CCCCCCC.C=CCCCCCC.C=CCCCCCC.C=CCCCCCC.C=CCCCCCC. The van der Waals surface area contributed by atoms with Crippen molar-refractivity contribution in [3.05, 3.63) is 75.9 Å². The standard InChI is InChI=1S/6C8H16/c6*1-3-5-7-8-6-4-2/h6*3H,1,4-8H2,2H3. The lowest BCUT2D eigenvalue weighted by Crippen LogP contribution is -1.71. The zero-order valence-corrected chi connectivity index (χ0v) is 34.9. The summed E-state index contributed by atoms with van der Waals surface area (Å²) in [5.41, 5.74) is 0. The van der Waals surface area contributed by atoms with E-state index in [0.717, 1.165) is 0 Å². The first-order valence-electron chi connectivity index (χ1n) is 21.1. The lowest BCUT2D eigenvalue weighted by Gasteiger charge is -1.91. The first-order chi connectivity index (χ1) is 23.5. The molecule has 0 atom stereocenters. The average molecular weight is 673 g/mol. The molecule has 0 saturated carbocycles. The Morgan fingerprint density at radius 2 is 0.333 bits per heavy atom. The monoisotopic (exact) mass is 673 g/mol. The van der Waals surface area contributed by atoms with E-state index in [1.807, 2.05) is 36.5 Å². The van der Waals surface area contributed by atoms with Crippen molar-refractivity contribution in [2.75, 3.05) is 0 Å². The van der Waals surface area contributed by atoms with Crippen molar-refractivity contribution in [1.82, 2.24) is 0 Å². The molecule has 0 amide bonds. The Balaban J connectivity index is -0.000000110. The quantitative estimate of drug-likeness (QED) is 0.0526. The summed E-state index contributed by atoms with van der Waals surface area (Å²) in [6, 6.07) is 0. The van der Waals surface area contributed by atoms with Gasteiger partial charge in [0.05, 0.1) is 0 Å². The summed E-state index contributed by atoms with van der Waals surface area (Å²) in [4.78, 5) is 0. The second-order valence-electron chi connectivity index (χ2n) is 12.8. The van der Waals surface area contributed by atoms with Crippen LogP contribution in [0.3, 0.4) is 0 Å². The topological polar surface area (TPSA) is 0 Å². The molecule has 0 N–H and O–H groups in total. The van der Waals surface area contributed by atoms with E-state index < -0.39 is 0 Å². The molecule has 0 saturated heterocycles. The van der Waals surface area contributed by atoms with Crippen molar-refractivity contribution in [3.8, 4) is 0 Å². The third-order valence-electron chi connectivity index (χ3n) is 7.57. The molecule has 0 bridgehead atoms. The molecule has 0 aliphatic heterocycles. The Labute approximate surface area is 309 Å². The molecule has 0 heteroatoms. The lowest BCUT2D eigenvalue weighted by molar-refractivity contribution is 0.675. The molecule has 0 heterocycles. The normalized spacial score (nSPS) is 9.12. The van der Waals surface area contributed by atoms with Crippen LogP contribution in [0.15, 0.2) is 75.9 Å². The molecule has 0 nitrogen and oxygen atoms in total. The fraction of sp³-hybridized carbons (Fsp3) is 0.750. The van der Waals surface area contributed by atoms with E-state index in [-0.39, 0.29) is 0 Å². The lowest BCUT2D eigenvalue weighted by atomic mass is 10.2. The van der Waals surface area contributed by atoms with Crippen molar-refractivity contribution in [2.45, 2.75) is 234 Å². The van der Waals surface area contributed by atoms with E-state index in [9.17, 15) is 0 Å². The molecule has 0 aromatic heterocycles. The highest BCUT2D eigenvalue weighted by atomic mass is 13.9. The maximum Gasteiger partial charge on any atom is -0.0353 e. The molecule has 0 aromatic rings. The van der Waals surface area contributed by atoms with Gasteiger partial charge in [0.2, 0.25) is 0 Å². The number of hydrogen-bond acceptors (Lipinski definition) is 0. The van der Waals surface area contributed by atoms with Gasteiger partial charge in [-0.25, -0.2) is 0 Å². The van der Waals surface area contributed by atoms with Crippen LogP contribution in [0.1, 0.15) is 234 Å². The molecule has 0 rings (SSSR count). The molecular weight excluding hydrogens is 577 g/mol. The highest BCUT2D eigenvalue weighted by Gasteiger charge is 1.84. The molecule has 0 unspecified atom stereocenters. The summed E-state index contributed by atoms with van der Waals surface area (Å²) in [7, 11) is 0. The summed E-state index contributed by atoms with van der Waals surface area (Å²) in [5.74, 6) is 0. The molecule has 288 valence electrons. The molecule has 0 radical (unpaired) electrons.